The Morgan fingerprint density at radius 2 is 2.23 bits per heavy atom. The summed E-state index contributed by atoms with van der Waals surface area (Å²) >= 11 is 0. The van der Waals surface area contributed by atoms with Crippen molar-refractivity contribution in [2.75, 3.05) is 18.0 Å². The number of carbonyl (C=O) groups excluding carboxylic acids is 1. The zero-order valence-electron chi connectivity index (χ0n) is 14.0. The standard InChI is InChI=1S/C18H29N3O/c1-3-5-7-11-20-18(22)17-14-16(10-12-19-17)21-13-8-6-9-15(21)4-2/h10,12,14-15H,3-9,11,13H2,1-2H3,(H,20,22). The first kappa shape index (κ1) is 16.8. The van der Waals surface area contributed by atoms with E-state index in [1.165, 1.54) is 19.3 Å². The van der Waals surface area contributed by atoms with Crippen molar-refractivity contribution in [2.24, 2.45) is 0 Å². The third-order valence-electron chi connectivity index (χ3n) is 4.47. The van der Waals surface area contributed by atoms with E-state index in [4.69, 9.17) is 0 Å². The summed E-state index contributed by atoms with van der Waals surface area (Å²) in [4.78, 5) is 18.9. The Balaban J connectivity index is 2.01. The normalized spacial score (nSPS) is 18.3. The molecule has 1 unspecified atom stereocenters. The molecular formula is C18H29N3O. The molecule has 1 atom stereocenters. The summed E-state index contributed by atoms with van der Waals surface area (Å²) in [6.07, 6.45) is 10.1. The number of carbonyl (C=O) groups is 1. The second-order valence-electron chi connectivity index (χ2n) is 6.11. The van der Waals surface area contributed by atoms with Gasteiger partial charge in [-0.15, -0.1) is 0 Å². The highest BCUT2D eigenvalue weighted by molar-refractivity contribution is 5.93. The quantitative estimate of drug-likeness (QED) is 0.780. The van der Waals surface area contributed by atoms with E-state index in [0.717, 1.165) is 44.5 Å². The van der Waals surface area contributed by atoms with Gasteiger partial charge in [0.1, 0.15) is 5.69 Å². The van der Waals surface area contributed by atoms with Crippen molar-refractivity contribution >= 4 is 11.6 Å². The van der Waals surface area contributed by atoms with Crippen molar-refractivity contribution in [3.63, 3.8) is 0 Å². The van der Waals surface area contributed by atoms with E-state index < -0.39 is 0 Å². The molecule has 0 radical (unpaired) electrons. The summed E-state index contributed by atoms with van der Waals surface area (Å²) in [6, 6.07) is 4.57. The zero-order chi connectivity index (χ0) is 15.8. The molecule has 0 saturated carbocycles. The first-order valence-electron chi connectivity index (χ1n) is 8.77. The van der Waals surface area contributed by atoms with Crippen molar-refractivity contribution in [1.82, 2.24) is 10.3 Å². The number of rotatable bonds is 7. The lowest BCUT2D eigenvalue weighted by Gasteiger charge is -2.37. The molecule has 4 nitrogen and oxygen atoms in total. The summed E-state index contributed by atoms with van der Waals surface area (Å²) in [5, 5.41) is 2.97. The predicted octanol–water partition coefficient (Wildman–Crippen LogP) is 3.77. The van der Waals surface area contributed by atoms with Gasteiger partial charge in [0.2, 0.25) is 0 Å². The summed E-state index contributed by atoms with van der Waals surface area (Å²) < 4.78 is 0. The second kappa shape index (κ2) is 8.76. The van der Waals surface area contributed by atoms with E-state index >= 15 is 0 Å². The molecular weight excluding hydrogens is 274 g/mol. The number of hydrogen-bond donors (Lipinski definition) is 1. The van der Waals surface area contributed by atoms with Gasteiger partial charge >= 0.3 is 0 Å². The minimum atomic E-state index is -0.0528. The van der Waals surface area contributed by atoms with Crippen LogP contribution in [0.5, 0.6) is 0 Å². The third kappa shape index (κ3) is 4.46. The van der Waals surface area contributed by atoms with Crippen molar-refractivity contribution in [2.45, 2.75) is 64.8 Å². The van der Waals surface area contributed by atoms with Gasteiger partial charge in [-0.25, -0.2) is 0 Å². The van der Waals surface area contributed by atoms with Gasteiger partial charge in [0.25, 0.3) is 5.91 Å². The van der Waals surface area contributed by atoms with Crippen LogP contribution in [-0.2, 0) is 0 Å². The van der Waals surface area contributed by atoms with E-state index in [0.29, 0.717) is 11.7 Å². The van der Waals surface area contributed by atoms with Gasteiger partial charge < -0.3 is 10.2 Å². The Morgan fingerprint density at radius 3 is 3.00 bits per heavy atom. The number of amides is 1. The van der Waals surface area contributed by atoms with E-state index in [2.05, 4.69) is 29.0 Å². The van der Waals surface area contributed by atoms with Crippen LogP contribution in [0.3, 0.4) is 0 Å². The smallest absolute Gasteiger partial charge is 0.269 e. The molecule has 122 valence electrons. The fourth-order valence-corrected chi connectivity index (χ4v) is 3.15. The molecule has 1 fully saturated rings. The van der Waals surface area contributed by atoms with Gasteiger partial charge in [-0.2, -0.15) is 0 Å². The topological polar surface area (TPSA) is 45.2 Å². The second-order valence-corrected chi connectivity index (χ2v) is 6.11. The summed E-state index contributed by atoms with van der Waals surface area (Å²) in [5.41, 5.74) is 1.68. The minimum absolute atomic E-state index is 0.0528. The maximum atomic E-state index is 12.2. The monoisotopic (exact) mass is 303 g/mol. The molecule has 2 rings (SSSR count). The zero-order valence-corrected chi connectivity index (χ0v) is 14.0. The van der Waals surface area contributed by atoms with Crippen LogP contribution in [0.25, 0.3) is 0 Å². The molecule has 1 saturated heterocycles. The average Bonchev–Trinajstić information content (AvgIpc) is 2.58. The van der Waals surface area contributed by atoms with E-state index in [1.54, 1.807) is 6.20 Å². The number of hydrogen-bond acceptors (Lipinski definition) is 3. The Morgan fingerprint density at radius 1 is 1.36 bits per heavy atom. The molecule has 0 bridgehead atoms. The molecule has 22 heavy (non-hydrogen) atoms. The summed E-state index contributed by atoms with van der Waals surface area (Å²) in [6.45, 7) is 6.22. The largest absolute Gasteiger partial charge is 0.368 e. The van der Waals surface area contributed by atoms with Crippen molar-refractivity contribution in [1.29, 1.82) is 0 Å². The van der Waals surface area contributed by atoms with Crippen LogP contribution < -0.4 is 10.2 Å². The average molecular weight is 303 g/mol. The van der Waals surface area contributed by atoms with Crippen LogP contribution in [-0.4, -0.2) is 30.0 Å². The number of pyridine rings is 1. The van der Waals surface area contributed by atoms with E-state index in [1.807, 2.05) is 12.1 Å². The van der Waals surface area contributed by atoms with Crippen molar-refractivity contribution in [3.8, 4) is 0 Å². The van der Waals surface area contributed by atoms with Crippen LogP contribution in [0.4, 0.5) is 5.69 Å². The summed E-state index contributed by atoms with van der Waals surface area (Å²) in [5.74, 6) is -0.0528. The number of piperidine rings is 1. The van der Waals surface area contributed by atoms with Gasteiger partial charge in [-0.1, -0.05) is 26.7 Å². The minimum Gasteiger partial charge on any atom is -0.368 e. The number of unbranched alkanes of at least 4 members (excludes halogenated alkanes) is 2. The van der Waals surface area contributed by atoms with Gasteiger partial charge in [-0.05, 0) is 44.2 Å². The highest BCUT2D eigenvalue weighted by Gasteiger charge is 2.21. The molecule has 0 aromatic carbocycles. The molecule has 0 aliphatic carbocycles. The lowest BCUT2D eigenvalue weighted by Crippen LogP contribution is -2.39. The lowest BCUT2D eigenvalue weighted by molar-refractivity contribution is 0.0948. The fourth-order valence-electron chi connectivity index (χ4n) is 3.15. The molecule has 1 aliphatic heterocycles. The Labute approximate surface area is 134 Å². The molecule has 1 aromatic heterocycles. The van der Waals surface area contributed by atoms with Crippen LogP contribution in [0.2, 0.25) is 0 Å². The predicted molar refractivity (Wildman–Crippen MR) is 91.4 cm³/mol. The Kier molecular flexibility index (Phi) is 6.69. The van der Waals surface area contributed by atoms with E-state index in [9.17, 15) is 4.79 Å². The molecule has 1 N–H and O–H groups in total. The fraction of sp³-hybridized carbons (Fsp3) is 0.667. The number of nitrogens with zero attached hydrogens (tertiary/aromatic N) is 2. The van der Waals surface area contributed by atoms with E-state index in [-0.39, 0.29) is 5.91 Å². The molecule has 1 aromatic rings. The Hall–Kier alpha value is -1.58. The maximum Gasteiger partial charge on any atom is 0.269 e. The third-order valence-corrected chi connectivity index (χ3v) is 4.47. The van der Waals surface area contributed by atoms with Gasteiger partial charge in [0.05, 0.1) is 0 Å². The van der Waals surface area contributed by atoms with Crippen LogP contribution >= 0.6 is 0 Å². The van der Waals surface area contributed by atoms with Crippen molar-refractivity contribution in [3.05, 3.63) is 24.0 Å². The van der Waals surface area contributed by atoms with Crippen LogP contribution in [0.1, 0.15) is 69.3 Å². The molecule has 4 heteroatoms. The van der Waals surface area contributed by atoms with Crippen LogP contribution in [0, 0.1) is 0 Å². The van der Waals surface area contributed by atoms with Gasteiger partial charge in [0, 0.05) is 31.0 Å². The SMILES string of the molecule is CCCCCNC(=O)c1cc(N2CCCCC2CC)ccn1. The maximum absolute atomic E-state index is 12.2. The first-order chi connectivity index (χ1) is 10.8. The first-order valence-corrected chi connectivity index (χ1v) is 8.77. The lowest BCUT2D eigenvalue weighted by atomic mass is 9.99. The number of nitrogens with one attached hydrogen (secondary N) is 1. The molecule has 1 aliphatic rings. The molecule has 0 spiro atoms. The Bertz CT molecular complexity index is 475. The van der Waals surface area contributed by atoms with Gasteiger partial charge in [-0.3, -0.25) is 9.78 Å². The molecule has 2 heterocycles. The summed E-state index contributed by atoms with van der Waals surface area (Å²) in [7, 11) is 0. The molecule has 1 amide bonds. The van der Waals surface area contributed by atoms with Crippen LogP contribution in [0.15, 0.2) is 18.3 Å². The van der Waals surface area contributed by atoms with Gasteiger partial charge in [0.15, 0.2) is 0 Å². The highest BCUT2D eigenvalue weighted by Crippen LogP contribution is 2.26. The number of aromatic nitrogens is 1. The van der Waals surface area contributed by atoms with Crippen molar-refractivity contribution < 1.29 is 4.79 Å². The highest BCUT2D eigenvalue weighted by atomic mass is 16.1. The number of anilines is 1.